The van der Waals surface area contributed by atoms with Gasteiger partial charge in [0.05, 0.1) is 12.5 Å². The van der Waals surface area contributed by atoms with Gasteiger partial charge in [-0.15, -0.1) is 0 Å². The van der Waals surface area contributed by atoms with E-state index >= 15 is 0 Å². The molecule has 0 amide bonds. The Morgan fingerprint density at radius 1 is 0.914 bits per heavy atom. The minimum absolute atomic E-state index is 0.0603. The SMILES string of the molecule is CCCO/N=C(\COc1cc(CC(=O)O)cc(OC(C)C)c1)c1cccc(Oc2ccccc2)c1. The Hall–Kier alpha value is -4.00. The van der Waals surface area contributed by atoms with E-state index in [-0.39, 0.29) is 19.1 Å². The van der Waals surface area contributed by atoms with Crippen molar-refractivity contribution in [1.29, 1.82) is 0 Å². The van der Waals surface area contributed by atoms with Gasteiger partial charge in [0.1, 0.15) is 41.9 Å². The molecule has 0 saturated carbocycles. The Morgan fingerprint density at radius 2 is 1.66 bits per heavy atom. The van der Waals surface area contributed by atoms with E-state index in [1.807, 2.05) is 75.4 Å². The van der Waals surface area contributed by atoms with Crippen LogP contribution in [0.25, 0.3) is 0 Å². The minimum Gasteiger partial charge on any atom is -0.491 e. The van der Waals surface area contributed by atoms with Crippen molar-refractivity contribution in [2.45, 2.75) is 39.7 Å². The van der Waals surface area contributed by atoms with E-state index < -0.39 is 5.97 Å². The Bertz CT molecular complexity index is 1130. The predicted molar refractivity (Wildman–Crippen MR) is 135 cm³/mol. The molecule has 0 heterocycles. The lowest BCUT2D eigenvalue weighted by molar-refractivity contribution is -0.136. The molecule has 0 bridgehead atoms. The van der Waals surface area contributed by atoms with Crippen molar-refractivity contribution in [2.75, 3.05) is 13.2 Å². The molecule has 3 rings (SSSR count). The standard InChI is InChI=1S/C28H31NO6/c1-4-13-33-29-27(22-9-8-12-24(17-22)35-23-10-6-5-7-11-23)19-32-25-14-21(16-28(30)31)15-26(18-25)34-20(2)3/h5-12,14-15,17-18,20H,4,13,16,19H2,1-3H3,(H,30,31)/b29-27+. The second-order valence-corrected chi connectivity index (χ2v) is 8.15. The number of aliphatic carboxylic acids is 1. The van der Waals surface area contributed by atoms with Crippen molar-refractivity contribution >= 4 is 11.7 Å². The molecule has 0 aromatic heterocycles. The monoisotopic (exact) mass is 477 g/mol. The molecule has 7 nitrogen and oxygen atoms in total. The molecule has 0 unspecified atom stereocenters. The minimum atomic E-state index is -0.928. The second kappa shape index (κ2) is 13.0. The van der Waals surface area contributed by atoms with Crippen LogP contribution in [0.1, 0.15) is 38.3 Å². The van der Waals surface area contributed by atoms with E-state index in [1.54, 1.807) is 18.2 Å². The number of hydrogen-bond donors (Lipinski definition) is 1. The molecule has 1 N–H and O–H groups in total. The lowest BCUT2D eigenvalue weighted by Gasteiger charge is -2.15. The summed E-state index contributed by atoms with van der Waals surface area (Å²) in [6, 6.07) is 22.2. The van der Waals surface area contributed by atoms with E-state index in [0.717, 1.165) is 17.7 Å². The maximum absolute atomic E-state index is 11.2. The average molecular weight is 478 g/mol. The van der Waals surface area contributed by atoms with Gasteiger partial charge >= 0.3 is 5.97 Å². The zero-order valence-electron chi connectivity index (χ0n) is 20.3. The van der Waals surface area contributed by atoms with Crippen LogP contribution in [0.15, 0.2) is 78.0 Å². The number of rotatable bonds is 13. The van der Waals surface area contributed by atoms with Crippen molar-refractivity contribution in [2.24, 2.45) is 5.16 Å². The Kier molecular flexibility index (Phi) is 9.54. The van der Waals surface area contributed by atoms with E-state index in [2.05, 4.69) is 5.16 Å². The molecular weight excluding hydrogens is 446 g/mol. The van der Waals surface area contributed by atoms with Gasteiger partial charge in [-0.3, -0.25) is 4.79 Å². The summed E-state index contributed by atoms with van der Waals surface area (Å²) < 4.78 is 17.8. The van der Waals surface area contributed by atoms with E-state index in [4.69, 9.17) is 19.0 Å². The van der Waals surface area contributed by atoms with Crippen LogP contribution in [0.3, 0.4) is 0 Å². The summed E-state index contributed by atoms with van der Waals surface area (Å²) in [5.74, 6) is 1.50. The lowest BCUT2D eigenvalue weighted by atomic mass is 10.1. The molecule has 184 valence electrons. The van der Waals surface area contributed by atoms with Crippen molar-refractivity contribution in [1.82, 2.24) is 0 Å². The topological polar surface area (TPSA) is 86.6 Å². The summed E-state index contributed by atoms with van der Waals surface area (Å²) in [4.78, 5) is 16.7. The molecule has 3 aromatic rings. The fraction of sp³-hybridized carbons (Fsp3) is 0.286. The third-order valence-electron chi connectivity index (χ3n) is 4.66. The van der Waals surface area contributed by atoms with Crippen molar-refractivity contribution in [3.05, 3.63) is 83.9 Å². The van der Waals surface area contributed by atoms with Crippen LogP contribution in [-0.2, 0) is 16.1 Å². The Labute approximate surface area is 205 Å². The third kappa shape index (κ3) is 8.70. The quantitative estimate of drug-likeness (QED) is 0.182. The van der Waals surface area contributed by atoms with Crippen molar-refractivity contribution in [3.8, 4) is 23.0 Å². The van der Waals surface area contributed by atoms with Gasteiger partial charge in [-0.2, -0.15) is 0 Å². The van der Waals surface area contributed by atoms with Gasteiger partial charge in [-0.05, 0) is 62.2 Å². The summed E-state index contributed by atoms with van der Waals surface area (Å²) >= 11 is 0. The molecule has 7 heteroatoms. The van der Waals surface area contributed by atoms with Crippen LogP contribution in [0.5, 0.6) is 23.0 Å². The molecule has 0 fully saturated rings. The number of carboxylic acid groups (broad SMARTS) is 1. The number of para-hydroxylation sites is 1. The van der Waals surface area contributed by atoms with E-state index in [1.165, 1.54) is 0 Å². The first-order valence-electron chi connectivity index (χ1n) is 11.6. The largest absolute Gasteiger partial charge is 0.491 e. The summed E-state index contributed by atoms with van der Waals surface area (Å²) in [7, 11) is 0. The average Bonchev–Trinajstić information content (AvgIpc) is 2.81. The lowest BCUT2D eigenvalue weighted by Crippen LogP contribution is -2.15. The van der Waals surface area contributed by atoms with Crippen molar-refractivity contribution < 1.29 is 28.9 Å². The maximum atomic E-state index is 11.2. The number of oxime groups is 1. The number of nitrogens with zero attached hydrogens (tertiary/aromatic N) is 1. The Balaban J connectivity index is 1.82. The fourth-order valence-electron chi connectivity index (χ4n) is 3.22. The maximum Gasteiger partial charge on any atom is 0.307 e. The molecule has 0 radical (unpaired) electrons. The number of hydrogen-bond acceptors (Lipinski definition) is 6. The molecule has 0 spiro atoms. The van der Waals surface area contributed by atoms with Gasteiger partial charge in [-0.25, -0.2) is 0 Å². The van der Waals surface area contributed by atoms with Crippen LogP contribution >= 0.6 is 0 Å². The van der Waals surface area contributed by atoms with Crippen LogP contribution in [0.4, 0.5) is 0 Å². The fourth-order valence-corrected chi connectivity index (χ4v) is 3.22. The summed E-state index contributed by atoms with van der Waals surface area (Å²) in [5.41, 5.74) is 1.95. The van der Waals surface area contributed by atoms with Gasteiger partial charge in [0.15, 0.2) is 0 Å². The molecule has 0 aliphatic carbocycles. The highest BCUT2D eigenvalue weighted by Gasteiger charge is 2.12. The van der Waals surface area contributed by atoms with Crippen LogP contribution in [-0.4, -0.2) is 36.1 Å². The zero-order valence-corrected chi connectivity index (χ0v) is 20.3. The first-order valence-corrected chi connectivity index (χ1v) is 11.6. The summed E-state index contributed by atoms with van der Waals surface area (Å²) in [6.45, 7) is 6.40. The number of carbonyl (C=O) groups is 1. The van der Waals surface area contributed by atoms with E-state index in [9.17, 15) is 9.90 Å². The molecule has 3 aromatic carbocycles. The van der Waals surface area contributed by atoms with Gasteiger partial charge < -0.3 is 24.2 Å². The number of ether oxygens (including phenoxy) is 3. The van der Waals surface area contributed by atoms with Gasteiger partial charge in [0, 0.05) is 11.6 Å². The zero-order chi connectivity index (χ0) is 25.0. The third-order valence-corrected chi connectivity index (χ3v) is 4.66. The Morgan fingerprint density at radius 3 is 2.37 bits per heavy atom. The van der Waals surface area contributed by atoms with Crippen LogP contribution in [0.2, 0.25) is 0 Å². The molecular formula is C28H31NO6. The smallest absolute Gasteiger partial charge is 0.307 e. The van der Waals surface area contributed by atoms with Gasteiger partial charge in [0.25, 0.3) is 0 Å². The molecule has 0 saturated heterocycles. The van der Waals surface area contributed by atoms with Crippen LogP contribution < -0.4 is 14.2 Å². The highest BCUT2D eigenvalue weighted by molar-refractivity contribution is 6.01. The highest BCUT2D eigenvalue weighted by atomic mass is 16.6. The van der Waals surface area contributed by atoms with E-state index in [0.29, 0.717) is 35.1 Å². The second-order valence-electron chi connectivity index (χ2n) is 8.15. The summed E-state index contributed by atoms with van der Waals surface area (Å²) in [6.07, 6.45) is 0.627. The molecule has 0 atom stereocenters. The molecule has 35 heavy (non-hydrogen) atoms. The predicted octanol–water partition coefficient (Wildman–Crippen LogP) is 6.10. The first kappa shape index (κ1) is 25.6. The molecule has 0 aliphatic heterocycles. The normalized spacial score (nSPS) is 11.3. The number of benzene rings is 3. The first-order chi connectivity index (χ1) is 16.9. The highest BCUT2D eigenvalue weighted by Crippen LogP contribution is 2.26. The van der Waals surface area contributed by atoms with Crippen LogP contribution in [0, 0.1) is 0 Å². The van der Waals surface area contributed by atoms with Gasteiger partial charge in [0.2, 0.25) is 0 Å². The van der Waals surface area contributed by atoms with Gasteiger partial charge in [-0.1, -0.05) is 42.4 Å². The number of carboxylic acids is 1. The van der Waals surface area contributed by atoms with Crippen molar-refractivity contribution in [3.63, 3.8) is 0 Å². The summed E-state index contributed by atoms with van der Waals surface area (Å²) in [5, 5.41) is 13.5. The molecule has 0 aliphatic rings.